The largest absolute Gasteiger partial charge is 0.392 e. The minimum absolute atomic E-state index is 0.122. The van der Waals surface area contributed by atoms with E-state index in [1.165, 1.54) is 0 Å². The summed E-state index contributed by atoms with van der Waals surface area (Å²) in [6, 6.07) is 5.90. The predicted octanol–water partition coefficient (Wildman–Crippen LogP) is 2.21. The van der Waals surface area contributed by atoms with Crippen LogP contribution < -0.4 is 5.32 Å². The second kappa shape index (κ2) is 6.12. The number of aromatic nitrogens is 1. The molecule has 1 heterocycles. The van der Waals surface area contributed by atoms with Crippen molar-refractivity contribution in [1.82, 2.24) is 10.3 Å². The summed E-state index contributed by atoms with van der Waals surface area (Å²) < 4.78 is 0. The Morgan fingerprint density at radius 2 is 2.06 bits per heavy atom. The van der Waals surface area contributed by atoms with Crippen molar-refractivity contribution < 1.29 is 5.11 Å². The Balaban J connectivity index is 2.40. The Kier molecular flexibility index (Phi) is 5.09. The zero-order chi connectivity index (χ0) is 12.9. The number of hydrogen-bond donors (Lipinski definition) is 2. The number of rotatable bonds is 6. The van der Waals surface area contributed by atoms with E-state index < -0.39 is 0 Å². The molecule has 2 N–H and O–H groups in total. The molecular formula is C14H24N2O. The topological polar surface area (TPSA) is 45.1 Å². The Morgan fingerprint density at radius 1 is 1.35 bits per heavy atom. The van der Waals surface area contributed by atoms with Gasteiger partial charge in [-0.1, -0.05) is 33.8 Å². The van der Waals surface area contributed by atoms with Crippen molar-refractivity contribution >= 4 is 0 Å². The van der Waals surface area contributed by atoms with Gasteiger partial charge in [-0.05, 0) is 18.1 Å². The number of nitrogens with one attached hydrogen (secondary N) is 1. The first-order valence-corrected chi connectivity index (χ1v) is 6.22. The Bertz CT molecular complexity index is 322. The van der Waals surface area contributed by atoms with E-state index in [1.807, 2.05) is 32.0 Å². The Labute approximate surface area is 104 Å². The van der Waals surface area contributed by atoms with Gasteiger partial charge in [-0.15, -0.1) is 0 Å². The normalized spacial score (nSPS) is 14.0. The first-order chi connectivity index (χ1) is 7.93. The van der Waals surface area contributed by atoms with Crippen LogP contribution in [-0.4, -0.2) is 22.7 Å². The molecular weight excluding hydrogens is 212 g/mol. The molecule has 0 aliphatic rings. The molecule has 1 aromatic rings. The molecule has 0 spiro atoms. The highest BCUT2D eigenvalue weighted by Gasteiger charge is 2.29. The summed E-state index contributed by atoms with van der Waals surface area (Å²) in [5.74, 6) is 0.279. The smallest absolute Gasteiger partial charge is 0.0626 e. The molecule has 1 aromatic heterocycles. The van der Waals surface area contributed by atoms with Gasteiger partial charge in [0, 0.05) is 24.7 Å². The molecule has 3 nitrogen and oxygen atoms in total. The first kappa shape index (κ1) is 14.1. The highest BCUT2D eigenvalue weighted by atomic mass is 16.3. The van der Waals surface area contributed by atoms with E-state index in [0.29, 0.717) is 0 Å². The molecule has 0 aromatic carbocycles. The van der Waals surface area contributed by atoms with E-state index in [-0.39, 0.29) is 17.4 Å². The molecule has 0 radical (unpaired) electrons. The third kappa shape index (κ3) is 4.44. The second-order valence-corrected chi connectivity index (χ2v) is 5.60. The van der Waals surface area contributed by atoms with Crippen LogP contribution in [0.3, 0.4) is 0 Å². The fraction of sp³-hybridized carbons (Fsp3) is 0.643. The van der Waals surface area contributed by atoms with Gasteiger partial charge in [0.05, 0.1) is 11.8 Å². The van der Waals surface area contributed by atoms with Crippen LogP contribution in [0.4, 0.5) is 0 Å². The summed E-state index contributed by atoms with van der Waals surface area (Å²) in [5.41, 5.74) is 0.908. The van der Waals surface area contributed by atoms with Crippen LogP contribution in [0.5, 0.6) is 0 Å². The zero-order valence-electron chi connectivity index (χ0n) is 11.3. The number of hydrogen-bond acceptors (Lipinski definition) is 3. The average molecular weight is 236 g/mol. The maximum absolute atomic E-state index is 10.1. The van der Waals surface area contributed by atoms with Crippen molar-refractivity contribution in [2.75, 3.05) is 6.54 Å². The Morgan fingerprint density at radius 3 is 2.59 bits per heavy atom. The summed E-state index contributed by atoms with van der Waals surface area (Å²) in [7, 11) is 0. The van der Waals surface area contributed by atoms with Crippen LogP contribution in [0, 0.1) is 11.3 Å². The van der Waals surface area contributed by atoms with Gasteiger partial charge in [0.15, 0.2) is 0 Å². The molecule has 0 bridgehead atoms. The van der Waals surface area contributed by atoms with Crippen LogP contribution in [-0.2, 0) is 6.54 Å². The molecule has 1 unspecified atom stereocenters. The van der Waals surface area contributed by atoms with Crippen molar-refractivity contribution in [2.24, 2.45) is 11.3 Å². The Hall–Kier alpha value is -0.930. The zero-order valence-corrected chi connectivity index (χ0v) is 11.3. The second-order valence-electron chi connectivity index (χ2n) is 5.60. The van der Waals surface area contributed by atoms with Gasteiger partial charge in [-0.3, -0.25) is 4.98 Å². The van der Waals surface area contributed by atoms with Crippen LogP contribution >= 0.6 is 0 Å². The molecule has 0 saturated heterocycles. The van der Waals surface area contributed by atoms with Crippen molar-refractivity contribution in [1.29, 1.82) is 0 Å². The molecule has 0 fully saturated rings. The molecule has 17 heavy (non-hydrogen) atoms. The van der Waals surface area contributed by atoms with Crippen molar-refractivity contribution in [3.8, 4) is 0 Å². The lowest BCUT2D eigenvalue weighted by atomic mass is 9.81. The fourth-order valence-corrected chi connectivity index (χ4v) is 2.02. The van der Waals surface area contributed by atoms with Gasteiger partial charge < -0.3 is 10.4 Å². The van der Waals surface area contributed by atoms with Crippen LogP contribution in [0.15, 0.2) is 24.4 Å². The van der Waals surface area contributed by atoms with Gasteiger partial charge in [-0.25, -0.2) is 0 Å². The van der Waals surface area contributed by atoms with Gasteiger partial charge in [0.1, 0.15) is 0 Å². The van der Waals surface area contributed by atoms with E-state index in [4.69, 9.17) is 0 Å². The highest BCUT2D eigenvalue weighted by Crippen LogP contribution is 2.25. The number of pyridine rings is 1. The summed E-state index contributed by atoms with van der Waals surface area (Å²) in [5, 5.41) is 13.5. The number of aliphatic hydroxyl groups excluding tert-OH is 1. The maximum Gasteiger partial charge on any atom is 0.0626 e. The van der Waals surface area contributed by atoms with Gasteiger partial charge in [0.2, 0.25) is 0 Å². The summed E-state index contributed by atoms with van der Waals surface area (Å²) in [6.07, 6.45) is 1.50. The lowest BCUT2D eigenvalue weighted by Crippen LogP contribution is -2.41. The van der Waals surface area contributed by atoms with E-state index in [1.54, 1.807) is 6.20 Å². The van der Waals surface area contributed by atoms with Gasteiger partial charge >= 0.3 is 0 Å². The van der Waals surface area contributed by atoms with E-state index >= 15 is 0 Å². The summed E-state index contributed by atoms with van der Waals surface area (Å²) in [4.78, 5) is 4.25. The molecule has 96 valence electrons. The first-order valence-electron chi connectivity index (χ1n) is 6.22. The van der Waals surface area contributed by atoms with Crippen LogP contribution in [0.1, 0.15) is 33.4 Å². The van der Waals surface area contributed by atoms with Crippen molar-refractivity contribution in [3.05, 3.63) is 30.1 Å². The predicted molar refractivity (Wildman–Crippen MR) is 70.6 cm³/mol. The third-order valence-corrected chi connectivity index (χ3v) is 3.05. The molecule has 0 amide bonds. The average Bonchev–Trinajstić information content (AvgIpc) is 2.29. The minimum atomic E-state index is -0.293. The summed E-state index contributed by atoms with van der Waals surface area (Å²) in [6.45, 7) is 9.79. The van der Waals surface area contributed by atoms with E-state index in [9.17, 15) is 5.11 Å². The van der Waals surface area contributed by atoms with E-state index in [0.717, 1.165) is 18.8 Å². The molecule has 1 rings (SSSR count). The van der Waals surface area contributed by atoms with Gasteiger partial charge in [-0.2, -0.15) is 0 Å². The molecule has 0 aliphatic heterocycles. The lowest BCUT2D eigenvalue weighted by Gasteiger charge is -2.33. The van der Waals surface area contributed by atoms with Crippen LogP contribution in [0.25, 0.3) is 0 Å². The molecule has 1 atom stereocenters. The standard InChI is InChI=1S/C14H24N2O/c1-11(2)13(17)14(3,4)10-15-9-12-7-5-6-8-16-12/h5-8,11,13,15,17H,9-10H2,1-4H3. The number of aliphatic hydroxyl groups is 1. The molecule has 3 heteroatoms. The summed E-state index contributed by atoms with van der Waals surface area (Å²) >= 11 is 0. The molecule has 0 aliphatic carbocycles. The third-order valence-electron chi connectivity index (χ3n) is 3.05. The molecule has 0 saturated carbocycles. The number of nitrogens with zero attached hydrogens (tertiary/aromatic N) is 1. The van der Waals surface area contributed by atoms with E-state index in [2.05, 4.69) is 24.1 Å². The monoisotopic (exact) mass is 236 g/mol. The maximum atomic E-state index is 10.1. The van der Waals surface area contributed by atoms with Crippen LogP contribution in [0.2, 0.25) is 0 Å². The minimum Gasteiger partial charge on any atom is -0.392 e. The SMILES string of the molecule is CC(C)C(O)C(C)(C)CNCc1ccccn1. The quantitative estimate of drug-likeness (QED) is 0.796. The lowest BCUT2D eigenvalue weighted by molar-refractivity contribution is 0.0134. The highest BCUT2D eigenvalue weighted by molar-refractivity contribution is 5.03. The van der Waals surface area contributed by atoms with Crippen molar-refractivity contribution in [3.63, 3.8) is 0 Å². The van der Waals surface area contributed by atoms with Gasteiger partial charge in [0.25, 0.3) is 0 Å². The fourth-order valence-electron chi connectivity index (χ4n) is 2.02. The van der Waals surface area contributed by atoms with Crippen molar-refractivity contribution in [2.45, 2.75) is 40.3 Å².